The van der Waals surface area contributed by atoms with Crippen LogP contribution in [0.1, 0.15) is 19.4 Å². The number of allylic oxidation sites excluding steroid dienone is 1. The summed E-state index contributed by atoms with van der Waals surface area (Å²) < 4.78 is 5.14. The molecule has 0 fully saturated rings. The van der Waals surface area contributed by atoms with Crippen molar-refractivity contribution in [3.8, 4) is 0 Å². The first kappa shape index (κ1) is 19.0. The van der Waals surface area contributed by atoms with E-state index in [9.17, 15) is 19.7 Å². The summed E-state index contributed by atoms with van der Waals surface area (Å²) in [6, 6.07) is 14.8. The molecule has 2 aromatic rings. The van der Waals surface area contributed by atoms with Gasteiger partial charge in [0.05, 0.1) is 22.7 Å². The Balaban J connectivity index is 2.08. The fraction of sp³-hybridized carbons (Fsp3) is 0.143. The number of carbonyl (C=O) groups excluding carboxylic acids is 2. The van der Waals surface area contributed by atoms with Crippen molar-refractivity contribution in [2.24, 2.45) is 0 Å². The van der Waals surface area contributed by atoms with Crippen LogP contribution >= 0.6 is 0 Å². The van der Waals surface area contributed by atoms with Crippen molar-refractivity contribution in [3.05, 3.63) is 87.1 Å². The van der Waals surface area contributed by atoms with E-state index in [0.717, 1.165) is 0 Å². The number of nitrogens with zero attached hydrogens (tertiary/aromatic N) is 2. The number of carbonyl (C=O) groups is 2. The van der Waals surface area contributed by atoms with Gasteiger partial charge in [0, 0.05) is 23.5 Å². The molecule has 28 heavy (non-hydrogen) atoms. The molecule has 1 heterocycles. The Morgan fingerprint density at radius 3 is 2.36 bits per heavy atom. The second-order valence-electron chi connectivity index (χ2n) is 6.06. The molecule has 0 bridgehead atoms. The Bertz CT molecular complexity index is 991. The van der Waals surface area contributed by atoms with Crippen molar-refractivity contribution in [1.29, 1.82) is 0 Å². The highest BCUT2D eigenvalue weighted by Crippen LogP contribution is 2.35. The highest BCUT2D eigenvalue weighted by Gasteiger charge is 2.37. The molecular weight excluding hydrogens is 360 g/mol. The number of non-ortho nitro benzene ring substituents is 1. The Morgan fingerprint density at radius 1 is 1.14 bits per heavy atom. The Labute approximate surface area is 161 Å². The van der Waals surface area contributed by atoms with E-state index in [2.05, 4.69) is 0 Å². The molecule has 0 saturated carbocycles. The van der Waals surface area contributed by atoms with Gasteiger partial charge in [0.1, 0.15) is 0 Å². The minimum atomic E-state index is -0.583. The quantitative estimate of drug-likeness (QED) is 0.341. The van der Waals surface area contributed by atoms with Gasteiger partial charge < -0.3 is 4.74 Å². The van der Waals surface area contributed by atoms with Crippen molar-refractivity contribution < 1.29 is 19.2 Å². The highest BCUT2D eigenvalue weighted by molar-refractivity contribution is 6.23. The average Bonchev–Trinajstić information content (AvgIpc) is 2.93. The first-order valence-corrected chi connectivity index (χ1v) is 8.68. The lowest BCUT2D eigenvalue weighted by Gasteiger charge is -2.17. The Hall–Kier alpha value is -3.74. The molecule has 0 N–H and O–H groups in total. The number of nitro benzene ring substituents is 1. The van der Waals surface area contributed by atoms with E-state index >= 15 is 0 Å². The number of para-hydroxylation sites is 1. The molecule has 0 radical (unpaired) electrons. The molecule has 7 nitrogen and oxygen atoms in total. The van der Waals surface area contributed by atoms with E-state index in [1.165, 1.54) is 29.2 Å². The monoisotopic (exact) mass is 378 g/mol. The van der Waals surface area contributed by atoms with Gasteiger partial charge in [-0.15, -0.1) is 0 Å². The molecule has 0 aromatic heterocycles. The van der Waals surface area contributed by atoms with E-state index in [-0.39, 0.29) is 29.3 Å². The van der Waals surface area contributed by atoms with Crippen LogP contribution < -0.4 is 4.90 Å². The number of anilines is 1. The van der Waals surface area contributed by atoms with Gasteiger partial charge in [0.15, 0.2) is 0 Å². The van der Waals surface area contributed by atoms with Crippen LogP contribution in [0.2, 0.25) is 0 Å². The average molecular weight is 378 g/mol. The number of amides is 1. The zero-order valence-corrected chi connectivity index (χ0v) is 15.4. The summed E-state index contributed by atoms with van der Waals surface area (Å²) in [6.45, 7) is 3.56. The number of ether oxygens (including phenoxy) is 1. The van der Waals surface area contributed by atoms with Gasteiger partial charge in [-0.1, -0.05) is 18.2 Å². The van der Waals surface area contributed by atoms with E-state index in [0.29, 0.717) is 16.9 Å². The molecule has 2 aromatic carbocycles. The molecule has 7 heteroatoms. The smallest absolute Gasteiger partial charge is 0.340 e. The molecule has 0 atom stereocenters. The largest absolute Gasteiger partial charge is 0.462 e. The molecule has 3 rings (SSSR count). The number of esters is 1. The van der Waals surface area contributed by atoms with Crippen LogP contribution in [0.4, 0.5) is 11.4 Å². The summed E-state index contributed by atoms with van der Waals surface area (Å²) in [6.07, 6.45) is 1.55. The van der Waals surface area contributed by atoms with Crippen LogP contribution in [0, 0.1) is 10.1 Å². The number of rotatable bonds is 5. The predicted octanol–water partition coefficient (Wildman–Crippen LogP) is 3.86. The first-order chi connectivity index (χ1) is 13.4. The Kier molecular flexibility index (Phi) is 5.35. The summed E-state index contributed by atoms with van der Waals surface area (Å²) in [5.41, 5.74) is 2.01. The molecule has 0 spiro atoms. The molecule has 142 valence electrons. The lowest BCUT2D eigenvalue weighted by Crippen LogP contribution is -2.24. The molecule has 1 aliphatic rings. The van der Waals surface area contributed by atoms with Crippen LogP contribution in [0.3, 0.4) is 0 Å². The minimum Gasteiger partial charge on any atom is -0.462 e. The molecule has 1 aliphatic heterocycles. The standard InChI is InChI=1S/C21H18N2O5/c1-3-28-21(25)19-14(2)22(16-7-5-4-6-8-16)20(24)18(19)13-15-9-11-17(12-10-15)23(26)27/h4-13H,3H2,1-2H3. The van der Waals surface area contributed by atoms with Gasteiger partial charge in [-0.3, -0.25) is 19.8 Å². The molecule has 0 saturated heterocycles. The maximum Gasteiger partial charge on any atom is 0.340 e. The van der Waals surface area contributed by atoms with Crippen LogP contribution in [-0.2, 0) is 14.3 Å². The van der Waals surface area contributed by atoms with Gasteiger partial charge in [-0.2, -0.15) is 0 Å². The lowest BCUT2D eigenvalue weighted by molar-refractivity contribution is -0.384. The number of nitro groups is 1. The van der Waals surface area contributed by atoms with Gasteiger partial charge in [-0.25, -0.2) is 4.79 Å². The summed E-state index contributed by atoms with van der Waals surface area (Å²) in [4.78, 5) is 37.4. The number of benzene rings is 2. The van der Waals surface area contributed by atoms with Crippen LogP contribution in [-0.4, -0.2) is 23.4 Å². The number of hydrogen-bond donors (Lipinski definition) is 0. The summed E-state index contributed by atoms with van der Waals surface area (Å²) in [7, 11) is 0. The van der Waals surface area contributed by atoms with Crippen LogP contribution in [0.5, 0.6) is 0 Å². The lowest BCUT2D eigenvalue weighted by atomic mass is 10.0. The zero-order chi connectivity index (χ0) is 20.3. The van der Waals surface area contributed by atoms with Crippen molar-refractivity contribution in [2.45, 2.75) is 13.8 Å². The summed E-state index contributed by atoms with van der Waals surface area (Å²) >= 11 is 0. The van der Waals surface area contributed by atoms with E-state index in [1.807, 2.05) is 6.07 Å². The van der Waals surface area contributed by atoms with Gasteiger partial charge in [0.2, 0.25) is 0 Å². The van der Waals surface area contributed by atoms with Gasteiger partial charge in [-0.05, 0) is 49.8 Å². The molecule has 1 amide bonds. The molecule has 0 aliphatic carbocycles. The summed E-state index contributed by atoms with van der Waals surface area (Å²) in [5.74, 6) is -0.940. The second kappa shape index (κ2) is 7.87. The topological polar surface area (TPSA) is 89.8 Å². The number of hydrogen-bond acceptors (Lipinski definition) is 5. The van der Waals surface area contributed by atoms with Crippen molar-refractivity contribution in [3.63, 3.8) is 0 Å². The third-order valence-electron chi connectivity index (χ3n) is 4.31. The third kappa shape index (κ3) is 3.55. The van der Waals surface area contributed by atoms with Crippen molar-refractivity contribution >= 4 is 29.3 Å². The van der Waals surface area contributed by atoms with Crippen molar-refractivity contribution in [2.75, 3.05) is 11.5 Å². The van der Waals surface area contributed by atoms with Crippen LogP contribution in [0.15, 0.2) is 71.4 Å². The fourth-order valence-corrected chi connectivity index (χ4v) is 3.03. The predicted molar refractivity (Wildman–Crippen MR) is 104 cm³/mol. The second-order valence-corrected chi connectivity index (χ2v) is 6.06. The van der Waals surface area contributed by atoms with Crippen molar-refractivity contribution in [1.82, 2.24) is 0 Å². The van der Waals surface area contributed by atoms with Gasteiger partial charge >= 0.3 is 5.97 Å². The highest BCUT2D eigenvalue weighted by atomic mass is 16.6. The van der Waals surface area contributed by atoms with Gasteiger partial charge in [0.25, 0.3) is 11.6 Å². The first-order valence-electron chi connectivity index (χ1n) is 8.68. The van der Waals surface area contributed by atoms with E-state index in [4.69, 9.17) is 4.74 Å². The maximum atomic E-state index is 13.1. The minimum absolute atomic E-state index is 0.0526. The van der Waals surface area contributed by atoms with E-state index < -0.39 is 10.9 Å². The Morgan fingerprint density at radius 2 is 1.79 bits per heavy atom. The van der Waals surface area contributed by atoms with Crippen LogP contribution in [0.25, 0.3) is 6.08 Å². The third-order valence-corrected chi connectivity index (χ3v) is 4.31. The molecule has 0 unspecified atom stereocenters. The SMILES string of the molecule is CCOC(=O)C1=C(C)N(c2ccccc2)C(=O)C1=Cc1ccc([N+](=O)[O-])cc1. The zero-order valence-electron chi connectivity index (χ0n) is 15.4. The molecular formula is C21H18N2O5. The summed E-state index contributed by atoms with van der Waals surface area (Å²) in [5, 5.41) is 10.8. The fourth-order valence-electron chi connectivity index (χ4n) is 3.03. The maximum absolute atomic E-state index is 13.1. The van der Waals surface area contributed by atoms with E-state index in [1.54, 1.807) is 44.2 Å². The normalized spacial score (nSPS) is 15.3.